The molecule has 0 saturated heterocycles. The number of hydrogen-bond acceptors (Lipinski definition) is 3. The van der Waals surface area contributed by atoms with Gasteiger partial charge in [0.15, 0.2) is 0 Å². The highest BCUT2D eigenvalue weighted by Crippen LogP contribution is 2.25. The molecule has 1 aromatic rings. The Kier molecular flexibility index (Phi) is 3.80. The van der Waals surface area contributed by atoms with E-state index in [-0.39, 0.29) is 17.9 Å². The molecule has 0 heterocycles. The molecule has 0 radical (unpaired) electrons. The fraction of sp³-hybridized carbons (Fsp3) is 0.231. The Morgan fingerprint density at radius 3 is 2.83 bits per heavy atom. The Hall–Kier alpha value is -1.64. The molecule has 0 aliphatic heterocycles. The minimum Gasteiger partial charge on any atom is -0.325 e. The van der Waals surface area contributed by atoms with E-state index < -0.39 is 0 Å². The van der Waals surface area contributed by atoms with E-state index in [1.807, 2.05) is 18.2 Å². The Labute approximate surface area is 114 Å². The monoisotopic (exact) mass is 305 g/mol. The van der Waals surface area contributed by atoms with E-state index in [4.69, 9.17) is 11.0 Å². The van der Waals surface area contributed by atoms with Gasteiger partial charge in [-0.1, -0.05) is 12.2 Å². The molecule has 18 heavy (non-hydrogen) atoms. The van der Waals surface area contributed by atoms with Crippen molar-refractivity contribution in [3.63, 3.8) is 0 Å². The zero-order chi connectivity index (χ0) is 13.1. The summed E-state index contributed by atoms with van der Waals surface area (Å²) in [6, 6.07) is 7.05. The fourth-order valence-electron chi connectivity index (χ4n) is 1.83. The van der Waals surface area contributed by atoms with Crippen molar-refractivity contribution < 1.29 is 4.79 Å². The number of halogens is 1. The zero-order valence-corrected chi connectivity index (χ0v) is 11.1. The average molecular weight is 306 g/mol. The second-order valence-corrected chi connectivity index (χ2v) is 5.04. The highest BCUT2D eigenvalue weighted by molar-refractivity contribution is 9.10. The molecule has 1 amide bonds. The van der Waals surface area contributed by atoms with Crippen molar-refractivity contribution >= 4 is 27.5 Å². The molecule has 0 aromatic heterocycles. The Morgan fingerprint density at radius 2 is 2.28 bits per heavy atom. The largest absolute Gasteiger partial charge is 0.325 e. The number of rotatable bonds is 2. The van der Waals surface area contributed by atoms with Gasteiger partial charge in [-0.3, -0.25) is 4.79 Å². The van der Waals surface area contributed by atoms with E-state index in [9.17, 15) is 4.79 Å². The second kappa shape index (κ2) is 5.34. The van der Waals surface area contributed by atoms with Gasteiger partial charge in [0.05, 0.1) is 23.2 Å². The summed E-state index contributed by atoms with van der Waals surface area (Å²) < 4.78 is 0.696. The van der Waals surface area contributed by atoms with Crippen molar-refractivity contribution in [1.29, 1.82) is 5.26 Å². The van der Waals surface area contributed by atoms with Crippen molar-refractivity contribution in [3.8, 4) is 6.07 Å². The lowest BCUT2D eigenvalue weighted by Crippen LogP contribution is -2.24. The Balaban J connectivity index is 2.08. The molecule has 1 aromatic carbocycles. The van der Waals surface area contributed by atoms with Crippen LogP contribution >= 0.6 is 15.9 Å². The minimum atomic E-state index is -0.178. The molecule has 0 spiro atoms. The summed E-state index contributed by atoms with van der Waals surface area (Å²) in [7, 11) is 0. The topological polar surface area (TPSA) is 78.9 Å². The highest BCUT2D eigenvalue weighted by Gasteiger charge is 2.23. The third-order valence-electron chi connectivity index (χ3n) is 2.81. The normalized spacial score (nSPS) is 21.6. The number of benzene rings is 1. The van der Waals surface area contributed by atoms with Crippen molar-refractivity contribution in [2.75, 3.05) is 5.32 Å². The van der Waals surface area contributed by atoms with Gasteiger partial charge in [0, 0.05) is 10.5 Å². The number of amides is 1. The van der Waals surface area contributed by atoms with E-state index in [2.05, 4.69) is 21.2 Å². The van der Waals surface area contributed by atoms with Gasteiger partial charge < -0.3 is 11.1 Å². The van der Waals surface area contributed by atoms with Crippen molar-refractivity contribution in [3.05, 3.63) is 40.4 Å². The van der Waals surface area contributed by atoms with Gasteiger partial charge in [-0.05, 0) is 40.5 Å². The van der Waals surface area contributed by atoms with Crippen LogP contribution in [0.5, 0.6) is 0 Å². The molecule has 5 heteroatoms. The van der Waals surface area contributed by atoms with Gasteiger partial charge in [-0.25, -0.2) is 0 Å². The Bertz CT molecular complexity index is 548. The van der Waals surface area contributed by atoms with Crippen LogP contribution in [0.15, 0.2) is 34.8 Å². The van der Waals surface area contributed by atoms with E-state index in [0.29, 0.717) is 22.1 Å². The second-order valence-electron chi connectivity index (χ2n) is 4.19. The standard InChI is InChI=1S/C13H12BrN3O/c14-11-5-8(7-15)1-4-12(11)17-13(18)9-2-3-10(16)6-9/h1-5,9-10H,6,16H2,(H,17,18). The van der Waals surface area contributed by atoms with E-state index >= 15 is 0 Å². The van der Waals surface area contributed by atoms with Crippen LogP contribution in [0.2, 0.25) is 0 Å². The molecule has 4 nitrogen and oxygen atoms in total. The number of nitrogens with one attached hydrogen (secondary N) is 1. The van der Waals surface area contributed by atoms with Crippen molar-refractivity contribution in [2.24, 2.45) is 11.7 Å². The highest BCUT2D eigenvalue weighted by atomic mass is 79.9. The van der Waals surface area contributed by atoms with Crippen LogP contribution in [0.25, 0.3) is 0 Å². The number of carbonyl (C=O) groups excluding carboxylic acids is 1. The number of hydrogen-bond donors (Lipinski definition) is 2. The summed E-state index contributed by atoms with van der Waals surface area (Å²) in [4.78, 5) is 12.0. The van der Waals surface area contributed by atoms with Crippen LogP contribution < -0.4 is 11.1 Å². The number of nitrogens with zero attached hydrogens (tertiary/aromatic N) is 1. The molecule has 2 atom stereocenters. The fourth-order valence-corrected chi connectivity index (χ4v) is 2.31. The minimum absolute atomic E-state index is 0.0369. The van der Waals surface area contributed by atoms with Gasteiger partial charge in [0.2, 0.25) is 5.91 Å². The lowest BCUT2D eigenvalue weighted by atomic mass is 10.1. The Morgan fingerprint density at radius 1 is 1.50 bits per heavy atom. The molecule has 1 aliphatic carbocycles. The lowest BCUT2D eigenvalue weighted by Gasteiger charge is -2.11. The van der Waals surface area contributed by atoms with Gasteiger partial charge in [-0.2, -0.15) is 5.26 Å². The molecule has 0 saturated carbocycles. The van der Waals surface area contributed by atoms with Gasteiger partial charge >= 0.3 is 0 Å². The summed E-state index contributed by atoms with van der Waals surface area (Å²) in [5.74, 6) is -0.257. The zero-order valence-electron chi connectivity index (χ0n) is 9.56. The summed E-state index contributed by atoms with van der Waals surface area (Å²) >= 11 is 3.33. The SMILES string of the molecule is N#Cc1ccc(NC(=O)C2C=CC(N)C2)c(Br)c1. The maximum atomic E-state index is 12.0. The molecule has 1 aliphatic rings. The first kappa shape index (κ1) is 12.8. The first-order chi connectivity index (χ1) is 8.60. The average Bonchev–Trinajstić information content (AvgIpc) is 2.78. The van der Waals surface area contributed by atoms with E-state index in [0.717, 1.165) is 0 Å². The summed E-state index contributed by atoms with van der Waals surface area (Å²) in [5, 5.41) is 11.6. The van der Waals surface area contributed by atoms with Gasteiger partial charge in [-0.15, -0.1) is 0 Å². The predicted octanol–water partition coefficient (Wildman–Crippen LogP) is 2.16. The quantitative estimate of drug-likeness (QED) is 0.822. The van der Waals surface area contributed by atoms with Gasteiger partial charge in [0.25, 0.3) is 0 Å². The molecule has 2 unspecified atom stereocenters. The lowest BCUT2D eigenvalue weighted by molar-refractivity contribution is -0.118. The predicted molar refractivity (Wildman–Crippen MR) is 72.7 cm³/mol. The number of anilines is 1. The molecule has 2 rings (SSSR count). The number of nitrogens with two attached hydrogens (primary N) is 1. The maximum absolute atomic E-state index is 12.0. The van der Waals surface area contributed by atoms with Crippen LogP contribution in [0.4, 0.5) is 5.69 Å². The third kappa shape index (κ3) is 2.78. The molecular formula is C13H12BrN3O. The number of nitriles is 1. The van der Waals surface area contributed by atoms with Gasteiger partial charge in [0.1, 0.15) is 0 Å². The van der Waals surface area contributed by atoms with Crippen LogP contribution in [0.1, 0.15) is 12.0 Å². The third-order valence-corrected chi connectivity index (χ3v) is 3.47. The first-order valence-corrected chi connectivity index (χ1v) is 6.34. The molecule has 92 valence electrons. The van der Waals surface area contributed by atoms with Crippen LogP contribution in [-0.4, -0.2) is 11.9 Å². The molecule has 0 bridgehead atoms. The maximum Gasteiger partial charge on any atom is 0.231 e. The van der Waals surface area contributed by atoms with Crippen LogP contribution in [0.3, 0.4) is 0 Å². The van der Waals surface area contributed by atoms with Crippen LogP contribution in [-0.2, 0) is 4.79 Å². The number of carbonyl (C=O) groups is 1. The molecule has 0 fully saturated rings. The summed E-state index contributed by atoms with van der Waals surface area (Å²) in [6.07, 6.45) is 4.31. The summed E-state index contributed by atoms with van der Waals surface area (Å²) in [6.45, 7) is 0. The van der Waals surface area contributed by atoms with E-state index in [1.165, 1.54) is 0 Å². The summed E-state index contributed by atoms with van der Waals surface area (Å²) in [5.41, 5.74) is 6.92. The van der Waals surface area contributed by atoms with Crippen molar-refractivity contribution in [1.82, 2.24) is 0 Å². The molecule has 3 N–H and O–H groups in total. The van der Waals surface area contributed by atoms with Crippen LogP contribution in [0, 0.1) is 17.2 Å². The molecular weight excluding hydrogens is 294 g/mol. The van der Waals surface area contributed by atoms with E-state index in [1.54, 1.807) is 18.2 Å². The first-order valence-electron chi connectivity index (χ1n) is 5.54. The smallest absolute Gasteiger partial charge is 0.231 e. The van der Waals surface area contributed by atoms with Crippen molar-refractivity contribution in [2.45, 2.75) is 12.5 Å².